The second kappa shape index (κ2) is 5.33. The monoisotopic (exact) mass is 255 g/mol. The Kier molecular flexibility index (Phi) is 3.38. The largest absolute Gasteiger partial charge is 0.508 e. The van der Waals surface area contributed by atoms with Crippen molar-refractivity contribution in [3.8, 4) is 11.5 Å². The molecule has 2 aromatic rings. The molecule has 0 fully saturated rings. The van der Waals surface area contributed by atoms with E-state index in [4.69, 9.17) is 4.74 Å². The van der Waals surface area contributed by atoms with E-state index in [1.807, 2.05) is 0 Å². The smallest absolute Gasteiger partial charge is 0.119 e. The van der Waals surface area contributed by atoms with Crippen LogP contribution in [0.3, 0.4) is 0 Å². The third-order valence-corrected chi connectivity index (χ3v) is 3.47. The first-order valence-electron chi connectivity index (χ1n) is 6.56. The zero-order valence-electron chi connectivity index (χ0n) is 10.7. The molecule has 2 N–H and O–H groups in total. The van der Waals surface area contributed by atoms with Gasteiger partial charge in [-0.25, -0.2) is 0 Å². The normalized spacial score (nSPS) is 17.8. The van der Waals surface area contributed by atoms with Gasteiger partial charge >= 0.3 is 0 Å². The average Bonchev–Trinajstić information content (AvgIpc) is 2.47. The van der Waals surface area contributed by atoms with E-state index in [0.29, 0.717) is 6.61 Å². The molecule has 1 heterocycles. The van der Waals surface area contributed by atoms with E-state index >= 15 is 0 Å². The lowest BCUT2D eigenvalue weighted by Crippen LogP contribution is -2.33. The molecule has 1 aliphatic heterocycles. The maximum atomic E-state index is 9.24. The zero-order chi connectivity index (χ0) is 13.1. The highest BCUT2D eigenvalue weighted by atomic mass is 16.5. The number of ether oxygens (including phenoxy) is 1. The Morgan fingerprint density at radius 2 is 1.89 bits per heavy atom. The van der Waals surface area contributed by atoms with Crippen molar-refractivity contribution in [1.29, 1.82) is 0 Å². The summed E-state index contributed by atoms with van der Waals surface area (Å²) in [5.74, 6) is 1.04. The van der Waals surface area contributed by atoms with Gasteiger partial charge in [0, 0.05) is 0 Å². The predicted octanol–water partition coefficient (Wildman–Crippen LogP) is 2.66. The van der Waals surface area contributed by atoms with E-state index < -0.39 is 0 Å². The van der Waals surface area contributed by atoms with Crippen LogP contribution in [0.25, 0.3) is 0 Å². The van der Waals surface area contributed by atoms with Gasteiger partial charge in [0.2, 0.25) is 0 Å². The Bertz CT molecular complexity index is 551. The van der Waals surface area contributed by atoms with Crippen molar-refractivity contribution >= 4 is 0 Å². The first-order valence-corrected chi connectivity index (χ1v) is 6.56. The van der Waals surface area contributed by atoms with Gasteiger partial charge in [0.25, 0.3) is 0 Å². The number of aromatic hydroxyl groups is 1. The van der Waals surface area contributed by atoms with Gasteiger partial charge in [-0.05, 0) is 48.4 Å². The fraction of sp³-hybridized carbons (Fsp3) is 0.250. The molecule has 98 valence electrons. The van der Waals surface area contributed by atoms with Crippen LogP contribution < -0.4 is 10.1 Å². The van der Waals surface area contributed by atoms with E-state index in [9.17, 15) is 5.11 Å². The molecule has 0 amide bonds. The van der Waals surface area contributed by atoms with Crippen molar-refractivity contribution in [3.63, 3.8) is 0 Å². The lowest BCUT2D eigenvalue weighted by Gasteiger charge is -2.26. The summed E-state index contributed by atoms with van der Waals surface area (Å²) in [7, 11) is 0. The fourth-order valence-corrected chi connectivity index (χ4v) is 2.46. The van der Waals surface area contributed by atoms with E-state index in [2.05, 4.69) is 29.6 Å². The second-order valence-corrected chi connectivity index (χ2v) is 4.76. The molecule has 19 heavy (non-hydrogen) atoms. The predicted molar refractivity (Wildman–Crippen MR) is 74.5 cm³/mol. The maximum Gasteiger partial charge on any atom is 0.119 e. The topological polar surface area (TPSA) is 41.5 Å². The molecule has 0 radical (unpaired) electrons. The lowest BCUT2D eigenvalue weighted by atomic mass is 9.95. The van der Waals surface area contributed by atoms with Gasteiger partial charge in [0.05, 0.1) is 6.04 Å². The Morgan fingerprint density at radius 1 is 1.11 bits per heavy atom. The molecular formula is C16H17NO2. The molecule has 2 aromatic carbocycles. The molecular weight excluding hydrogens is 238 g/mol. The number of fused-ring (bicyclic) bond motifs is 1. The molecule has 0 aromatic heterocycles. The summed E-state index contributed by atoms with van der Waals surface area (Å²) in [4.78, 5) is 0. The van der Waals surface area contributed by atoms with Gasteiger partial charge in [-0.3, -0.25) is 0 Å². The van der Waals surface area contributed by atoms with Gasteiger partial charge in [0.1, 0.15) is 18.1 Å². The SMILES string of the molecule is Oc1ccc(OCC2NCCc3ccccc32)cc1. The average molecular weight is 255 g/mol. The number of hydrogen-bond acceptors (Lipinski definition) is 3. The third-order valence-electron chi connectivity index (χ3n) is 3.47. The molecule has 0 aliphatic carbocycles. The fourth-order valence-electron chi connectivity index (χ4n) is 2.46. The summed E-state index contributed by atoms with van der Waals surface area (Å²) < 4.78 is 5.78. The Hall–Kier alpha value is -2.00. The minimum Gasteiger partial charge on any atom is -0.508 e. The van der Waals surface area contributed by atoms with Crippen molar-refractivity contribution in [2.75, 3.05) is 13.2 Å². The highest BCUT2D eigenvalue weighted by Gasteiger charge is 2.19. The molecule has 0 saturated carbocycles. The summed E-state index contributed by atoms with van der Waals surface area (Å²) in [6, 6.07) is 15.6. The van der Waals surface area contributed by atoms with Gasteiger partial charge in [0.15, 0.2) is 0 Å². The second-order valence-electron chi connectivity index (χ2n) is 4.76. The van der Waals surface area contributed by atoms with Crippen molar-refractivity contribution in [2.45, 2.75) is 12.5 Å². The van der Waals surface area contributed by atoms with Crippen LogP contribution in [-0.4, -0.2) is 18.3 Å². The minimum absolute atomic E-state index is 0.235. The van der Waals surface area contributed by atoms with Crippen molar-refractivity contribution in [2.24, 2.45) is 0 Å². The first-order chi connectivity index (χ1) is 9.33. The van der Waals surface area contributed by atoms with Crippen LogP contribution in [0, 0.1) is 0 Å². The summed E-state index contributed by atoms with van der Waals surface area (Å²) in [6.45, 7) is 1.59. The maximum absolute atomic E-state index is 9.24. The van der Waals surface area contributed by atoms with Crippen molar-refractivity contribution in [1.82, 2.24) is 5.32 Å². The number of benzene rings is 2. The van der Waals surface area contributed by atoms with Crippen LogP contribution in [0.15, 0.2) is 48.5 Å². The van der Waals surface area contributed by atoms with Crippen LogP contribution in [0.4, 0.5) is 0 Å². The molecule has 0 saturated heterocycles. The van der Waals surface area contributed by atoms with Crippen LogP contribution in [0.2, 0.25) is 0 Å². The van der Waals surface area contributed by atoms with Gasteiger partial charge in [-0.15, -0.1) is 0 Å². The highest BCUT2D eigenvalue weighted by molar-refractivity contribution is 5.33. The first kappa shape index (κ1) is 12.1. The molecule has 1 aliphatic rings. The van der Waals surface area contributed by atoms with Crippen molar-refractivity contribution in [3.05, 3.63) is 59.7 Å². The van der Waals surface area contributed by atoms with Gasteiger partial charge in [-0.1, -0.05) is 24.3 Å². The molecule has 3 nitrogen and oxygen atoms in total. The third kappa shape index (κ3) is 2.71. The molecule has 3 rings (SSSR count). The van der Waals surface area contributed by atoms with E-state index in [-0.39, 0.29) is 11.8 Å². The molecule has 0 spiro atoms. The lowest BCUT2D eigenvalue weighted by molar-refractivity contribution is 0.261. The van der Waals surface area contributed by atoms with Crippen LogP contribution in [0.5, 0.6) is 11.5 Å². The number of nitrogens with one attached hydrogen (secondary N) is 1. The van der Waals surface area contributed by atoms with Crippen LogP contribution in [-0.2, 0) is 6.42 Å². The Balaban J connectivity index is 1.69. The van der Waals surface area contributed by atoms with E-state index in [1.165, 1.54) is 11.1 Å². The van der Waals surface area contributed by atoms with Crippen LogP contribution >= 0.6 is 0 Å². The summed E-state index contributed by atoms with van der Waals surface area (Å²) >= 11 is 0. The number of phenolic OH excluding ortho intramolecular Hbond substituents is 1. The Labute approximate surface area is 112 Å². The minimum atomic E-state index is 0.235. The van der Waals surface area contributed by atoms with Crippen molar-refractivity contribution < 1.29 is 9.84 Å². The quantitative estimate of drug-likeness (QED) is 0.886. The van der Waals surface area contributed by atoms with Gasteiger partial charge < -0.3 is 15.2 Å². The summed E-state index contributed by atoms with van der Waals surface area (Å²) in [5.41, 5.74) is 2.73. The Morgan fingerprint density at radius 3 is 2.74 bits per heavy atom. The van der Waals surface area contributed by atoms with Crippen LogP contribution in [0.1, 0.15) is 17.2 Å². The zero-order valence-corrected chi connectivity index (χ0v) is 10.7. The van der Waals surface area contributed by atoms with E-state index in [1.54, 1.807) is 24.3 Å². The summed E-state index contributed by atoms with van der Waals surface area (Å²) in [6.07, 6.45) is 1.08. The number of phenols is 1. The summed E-state index contributed by atoms with van der Waals surface area (Å²) in [5, 5.41) is 12.7. The molecule has 0 bridgehead atoms. The molecule has 1 unspecified atom stereocenters. The highest BCUT2D eigenvalue weighted by Crippen LogP contribution is 2.24. The number of hydrogen-bond donors (Lipinski definition) is 2. The molecule has 1 atom stereocenters. The van der Waals surface area contributed by atoms with E-state index in [0.717, 1.165) is 18.7 Å². The molecule has 3 heteroatoms. The van der Waals surface area contributed by atoms with Gasteiger partial charge in [-0.2, -0.15) is 0 Å². The number of rotatable bonds is 3. The standard InChI is InChI=1S/C16H17NO2/c18-13-5-7-14(8-6-13)19-11-16-15-4-2-1-3-12(15)9-10-17-16/h1-8,16-18H,9-11H2.